The van der Waals surface area contributed by atoms with E-state index < -0.39 is 0 Å². The molecular weight excluding hydrogens is 288 g/mol. The van der Waals surface area contributed by atoms with Crippen LogP contribution in [0.1, 0.15) is 13.8 Å². The SMILES string of the molecule is CCN(CC)CCOc1ccc(-c2nc3ccccc3[nH]2)cn1. The predicted octanol–water partition coefficient (Wildman–Crippen LogP) is 3.35. The molecule has 2 aromatic heterocycles. The van der Waals surface area contributed by atoms with Crippen molar-refractivity contribution in [3.63, 3.8) is 0 Å². The molecule has 120 valence electrons. The van der Waals surface area contributed by atoms with Crippen LogP contribution in [-0.2, 0) is 0 Å². The number of nitrogens with one attached hydrogen (secondary N) is 1. The number of pyridine rings is 1. The fraction of sp³-hybridized carbons (Fsp3) is 0.333. The second-order valence-electron chi connectivity index (χ2n) is 5.36. The Kier molecular flexibility index (Phi) is 4.88. The fourth-order valence-corrected chi connectivity index (χ4v) is 2.51. The van der Waals surface area contributed by atoms with Crippen LogP contribution in [0.4, 0.5) is 0 Å². The van der Waals surface area contributed by atoms with E-state index in [1.54, 1.807) is 6.20 Å². The van der Waals surface area contributed by atoms with Gasteiger partial charge in [0.25, 0.3) is 0 Å². The standard InChI is InChI=1S/C18H22N4O/c1-3-22(4-2)11-12-23-17-10-9-14(13-19-17)18-20-15-7-5-6-8-16(15)21-18/h5-10,13H,3-4,11-12H2,1-2H3,(H,20,21). The molecule has 0 atom stereocenters. The number of H-pyrrole nitrogens is 1. The molecule has 0 aliphatic rings. The minimum absolute atomic E-state index is 0.650. The number of rotatable bonds is 7. The lowest BCUT2D eigenvalue weighted by molar-refractivity contribution is 0.218. The summed E-state index contributed by atoms with van der Waals surface area (Å²) in [4.78, 5) is 14.6. The van der Waals surface area contributed by atoms with Crippen LogP contribution >= 0.6 is 0 Å². The van der Waals surface area contributed by atoms with Crippen molar-refractivity contribution in [3.05, 3.63) is 42.6 Å². The Morgan fingerprint density at radius 3 is 2.61 bits per heavy atom. The zero-order valence-corrected chi connectivity index (χ0v) is 13.6. The summed E-state index contributed by atoms with van der Waals surface area (Å²) in [5.74, 6) is 1.48. The number of imidazole rings is 1. The van der Waals surface area contributed by atoms with Crippen molar-refractivity contribution in [3.8, 4) is 17.3 Å². The van der Waals surface area contributed by atoms with Crippen LogP contribution in [0.15, 0.2) is 42.6 Å². The highest BCUT2D eigenvalue weighted by Gasteiger charge is 2.06. The molecule has 5 nitrogen and oxygen atoms in total. The minimum atomic E-state index is 0.650. The van der Waals surface area contributed by atoms with Crippen molar-refractivity contribution in [2.75, 3.05) is 26.2 Å². The van der Waals surface area contributed by atoms with Crippen LogP contribution in [0.5, 0.6) is 5.88 Å². The molecule has 5 heteroatoms. The summed E-state index contributed by atoms with van der Waals surface area (Å²) < 4.78 is 5.71. The lowest BCUT2D eigenvalue weighted by Gasteiger charge is -2.17. The van der Waals surface area contributed by atoms with Gasteiger partial charge in [-0.25, -0.2) is 9.97 Å². The third kappa shape index (κ3) is 3.68. The second-order valence-corrected chi connectivity index (χ2v) is 5.36. The van der Waals surface area contributed by atoms with E-state index in [0.717, 1.165) is 42.1 Å². The van der Waals surface area contributed by atoms with Crippen molar-refractivity contribution < 1.29 is 4.74 Å². The first-order valence-corrected chi connectivity index (χ1v) is 8.06. The van der Waals surface area contributed by atoms with E-state index in [-0.39, 0.29) is 0 Å². The Labute approximate surface area is 136 Å². The quantitative estimate of drug-likeness (QED) is 0.727. The topological polar surface area (TPSA) is 54.0 Å². The van der Waals surface area contributed by atoms with Gasteiger partial charge in [-0.3, -0.25) is 0 Å². The van der Waals surface area contributed by atoms with E-state index in [9.17, 15) is 0 Å². The highest BCUT2D eigenvalue weighted by Crippen LogP contribution is 2.21. The van der Waals surface area contributed by atoms with E-state index in [4.69, 9.17) is 4.74 Å². The van der Waals surface area contributed by atoms with Gasteiger partial charge in [-0.15, -0.1) is 0 Å². The first-order chi connectivity index (χ1) is 11.3. The zero-order valence-electron chi connectivity index (χ0n) is 13.6. The molecule has 1 N–H and O–H groups in total. The number of ether oxygens (including phenoxy) is 1. The number of hydrogen-bond donors (Lipinski definition) is 1. The summed E-state index contributed by atoms with van der Waals surface area (Å²) >= 11 is 0. The Bertz CT molecular complexity index is 714. The van der Waals surface area contributed by atoms with Crippen LogP contribution in [0.25, 0.3) is 22.4 Å². The molecule has 0 radical (unpaired) electrons. The highest BCUT2D eigenvalue weighted by molar-refractivity contribution is 5.79. The van der Waals surface area contributed by atoms with Crippen molar-refractivity contribution in [1.82, 2.24) is 19.9 Å². The molecule has 0 fully saturated rings. The molecule has 0 spiro atoms. The van der Waals surface area contributed by atoms with Crippen LogP contribution in [0, 0.1) is 0 Å². The molecule has 0 aliphatic carbocycles. The number of likely N-dealkylation sites (N-methyl/N-ethyl adjacent to an activating group) is 1. The smallest absolute Gasteiger partial charge is 0.213 e. The monoisotopic (exact) mass is 310 g/mol. The summed E-state index contributed by atoms with van der Waals surface area (Å²) in [5.41, 5.74) is 2.95. The van der Waals surface area contributed by atoms with Gasteiger partial charge in [0.1, 0.15) is 12.4 Å². The second kappa shape index (κ2) is 7.24. The molecule has 1 aromatic carbocycles. The third-order valence-electron chi connectivity index (χ3n) is 3.95. The van der Waals surface area contributed by atoms with Crippen LogP contribution in [0.2, 0.25) is 0 Å². The highest BCUT2D eigenvalue weighted by atomic mass is 16.5. The summed E-state index contributed by atoms with van der Waals surface area (Å²) in [6.07, 6.45) is 1.80. The van der Waals surface area contributed by atoms with Gasteiger partial charge in [-0.1, -0.05) is 26.0 Å². The van der Waals surface area contributed by atoms with Crippen LogP contribution in [-0.4, -0.2) is 46.1 Å². The maximum Gasteiger partial charge on any atom is 0.213 e. The van der Waals surface area contributed by atoms with Gasteiger partial charge in [-0.05, 0) is 31.3 Å². The number of aromatic nitrogens is 3. The number of hydrogen-bond acceptors (Lipinski definition) is 4. The molecular formula is C18H22N4O. The van der Waals surface area contributed by atoms with E-state index in [1.165, 1.54) is 0 Å². The number of aromatic amines is 1. The molecule has 3 aromatic rings. The van der Waals surface area contributed by atoms with Gasteiger partial charge in [0.15, 0.2) is 0 Å². The van der Waals surface area contributed by atoms with Gasteiger partial charge in [0.2, 0.25) is 5.88 Å². The van der Waals surface area contributed by atoms with Gasteiger partial charge in [-0.2, -0.15) is 0 Å². The number of para-hydroxylation sites is 2. The van der Waals surface area contributed by atoms with E-state index >= 15 is 0 Å². The maximum absolute atomic E-state index is 5.71. The van der Waals surface area contributed by atoms with Crippen molar-refractivity contribution in [2.24, 2.45) is 0 Å². The molecule has 0 saturated heterocycles. The van der Waals surface area contributed by atoms with E-state index in [1.807, 2.05) is 36.4 Å². The van der Waals surface area contributed by atoms with Gasteiger partial charge in [0, 0.05) is 24.4 Å². The summed E-state index contributed by atoms with van der Waals surface area (Å²) in [6.45, 7) is 7.96. The van der Waals surface area contributed by atoms with Crippen molar-refractivity contribution in [2.45, 2.75) is 13.8 Å². The van der Waals surface area contributed by atoms with Crippen LogP contribution in [0.3, 0.4) is 0 Å². The Morgan fingerprint density at radius 1 is 1.09 bits per heavy atom. The summed E-state index contributed by atoms with van der Waals surface area (Å²) in [7, 11) is 0. The third-order valence-corrected chi connectivity index (χ3v) is 3.95. The number of fused-ring (bicyclic) bond motifs is 1. The normalized spacial score (nSPS) is 11.3. The lowest BCUT2D eigenvalue weighted by atomic mass is 10.3. The Morgan fingerprint density at radius 2 is 1.91 bits per heavy atom. The van der Waals surface area contributed by atoms with E-state index in [2.05, 4.69) is 33.7 Å². The molecule has 2 heterocycles. The Hall–Kier alpha value is -2.40. The van der Waals surface area contributed by atoms with Crippen molar-refractivity contribution >= 4 is 11.0 Å². The van der Waals surface area contributed by atoms with Gasteiger partial charge < -0.3 is 14.6 Å². The minimum Gasteiger partial charge on any atom is -0.476 e. The van der Waals surface area contributed by atoms with E-state index in [0.29, 0.717) is 12.5 Å². The molecule has 0 aliphatic heterocycles. The fourth-order valence-electron chi connectivity index (χ4n) is 2.51. The lowest BCUT2D eigenvalue weighted by Crippen LogP contribution is -2.28. The first kappa shape index (κ1) is 15.5. The largest absolute Gasteiger partial charge is 0.476 e. The first-order valence-electron chi connectivity index (χ1n) is 8.06. The molecule has 0 saturated carbocycles. The molecule has 0 amide bonds. The van der Waals surface area contributed by atoms with Gasteiger partial charge in [0.05, 0.1) is 11.0 Å². The maximum atomic E-state index is 5.71. The number of benzene rings is 1. The molecule has 23 heavy (non-hydrogen) atoms. The average Bonchev–Trinajstić information content (AvgIpc) is 3.03. The predicted molar refractivity (Wildman–Crippen MR) is 92.6 cm³/mol. The summed E-state index contributed by atoms with van der Waals surface area (Å²) in [6, 6.07) is 11.9. The Balaban J connectivity index is 1.65. The van der Waals surface area contributed by atoms with Gasteiger partial charge >= 0.3 is 0 Å². The van der Waals surface area contributed by atoms with Crippen molar-refractivity contribution in [1.29, 1.82) is 0 Å². The van der Waals surface area contributed by atoms with Crippen LogP contribution < -0.4 is 4.74 Å². The molecule has 0 unspecified atom stereocenters. The number of nitrogens with zero attached hydrogens (tertiary/aromatic N) is 3. The average molecular weight is 310 g/mol. The molecule has 0 bridgehead atoms. The molecule has 3 rings (SSSR count). The summed E-state index contributed by atoms with van der Waals surface area (Å²) in [5, 5.41) is 0. The zero-order chi connectivity index (χ0) is 16.1.